The van der Waals surface area contributed by atoms with Crippen molar-refractivity contribution in [3.05, 3.63) is 10.1 Å². The number of carbonyl (C=O) groups is 2. The van der Waals surface area contributed by atoms with E-state index in [1.165, 1.54) is 0 Å². The van der Waals surface area contributed by atoms with Crippen molar-refractivity contribution in [2.75, 3.05) is 6.54 Å². The van der Waals surface area contributed by atoms with Crippen molar-refractivity contribution in [3.63, 3.8) is 0 Å². The Bertz CT molecular complexity index is 445. The van der Waals surface area contributed by atoms with Crippen LogP contribution in [0.25, 0.3) is 0 Å². The van der Waals surface area contributed by atoms with Crippen LogP contribution in [0.5, 0.6) is 0 Å². The van der Waals surface area contributed by atoms with E-state index in [4.69, 9.17) is 15.6 Å². The summed E-state index contributed by atoms with van der Waals surface area (Å²) in [7, 11) is 0. The van der Waals surface area contributed by atoms with Crippen LogP contribution < -0.4 is 16.6 Å². The van der Waals surface area contributed by atoms with Gasteiger partial charge in [0.25, 0.3) is 0 Å². The molecule has 1 atom stereocenters. The van der Waals surface area contributed by atoms with Gasteiger partial charge in [-0.15, -0.1) is 0 Å². The fraction of sp³-hybridized carbons (Fsp3) is 0.727. The Morgan fingerprint density at radius 3 is 2.45 bits per heavy atom. The van der Waals surface area contributed by atoms with Crippen LogP contribution in [0.4, 0.5) is 4.79 Å². The predicted octanol–water partition coefficient (Wildman–Crippen LogP) is -0.159. The first-order chi connectivity index (χ1) is 10.0. The molecule has 0 bridgehead atoms. The van der Waals surface area contributed by atoms with E-state index in [1.807, 2.05) is 0 Å². The number of carboxylic acid groups (broad SMARTS) is 1. The number of rotatable bonds is 6. The normalized spacial score (nSPS) is 13.1. The van der Waals surface area contributed by atoms with E-state index >= 15 is 0 Å². The first kappa shape index (κ1) is 19.4. The molecule has 0 rings (SSSR count). The minimum Gasteiger partial charge on any atom is -0.480 e. The van der Waals surface area contributed by atoms with Crippen LogP contribution in [0.2, 0.25) is 0 Å². The first-order valence-electron chi connectivity index (χ1n) is 6.44. The van der Waals surface area contributed by atoms with Gasteiger partial charge in [0.15, 0.2) is 6.04 Å². The Balaban J connectivity index is 4.41. The zero-order valence-electron chi connectivity index (χ0n) is 12.7. The van der Waals surface area contributed by atoms with Crippen LogP contribution >= 0.6 is 0 Å². The number of nitrogens with two attached hydrogens (primary N) is 1. The van der Waals surface area contributed by atoms with Crippen molar-refractivity contribution in [1.29, 1.82) is 0 Å². The van der Waals surface area contributed by atoms with E-state index in [9.17, 15) is 19.7 Å². The van der Waals surface area contributed by atoms with Gasteiger partial charge < -0.3 is 15.6 Å². The van der Waals surface area contributed by atoms with Crippen LogP contribution in [0.1, 0.15) is 33.6 Å². The molecule has 0 aromatic rings. The fourth-order valence-electron chi connectivity index (χ4n) is 1.28. The average Bonchev–Trinajstić information content (AvgIpc) is 2.32. The molecule has 0 aromatic carbocycles. The molecule has 1 amide bonds. The Kier molecular flexibility index (Phi) is 7.63. The molecule has 0 unspecified atom stereocenters. The van der Waals surface area contributed by atoms with Crippen molar-refractivity contribution < 1.29 is 24.4 Å². The summed E-state index contributed by atoms with van der Waals surface area (Å²) in [4.78, 5) is 35.6. The van der Waals surface area contributed by atoms with E-state index in [2.05, 4.69) is 15.8 Å². The molecule has 126 valence electrons. The van der Waals surface area contributed by atoms with E-state index in [0.717, 1.165) is 0 Å². The lowest BCUT2D eigenvalue weighted by atomic mass is 10.1. The molecule has 0 spiro atoms. The average molecular weight is 319 g/mol. The summed E-state index contributed by atoms with van der Waals surface area (Å²) in [5.74, 6) is -1.62. The second kappa shape index (κ2) is 8.64. The summed E-state index contributed by atoms with van der Waals surface area (Å²) >= 11 is 0. The highest BCUT2D eigenvalue weighted by Gasteiger charge is 2.19. The molecule has 0 aromatic heterocycles. The quantitative estimate of drug-likeness (QED) is 0.226. The highest BCUT2D eigenvalue weighted by atomic mass is 16.6. The summed E-state index contributed by atoms with van der Waals surface area (Å²) in [6, 6.07) is -1.24. The first-order valence-corrected chi connectivity index (χ1v) is 6.44. The van der Waals surface area contributed by atoms with Crippen LogP contribution in [-0.2, 0) is 9.53 Å². The van der Waals surface area contributed by atoms with Gasteiger partial charge in [0.05, 0.1) is 0 Å². The maximum atomic E-state index is 11.3. The van der Waals surface area contributed by atoms with Crippen LogP contribution in [0.3, 0.4) is 0 Å². The van der Waals surface area contributed by atoms with E-state index < -0.39 is 28.6 Å². The number of carbonyl (C=O) groups excluding carboxylic acids is 1. The molecule has 0 radical (unpaired) electrons. The number of hydrogen-bond donors (Lipinski definition) is 4. The van der Waals surface area contributed by atoms with Gasteiger partial charge in [-0.1, -0.05) is 0 Å². The Morgan fingerprint density at radius 2 is 2.00 bits per heavy atom. The van der Waals surface area contributed by atoms with Gasteiger partial charge in [-0.05, 0) is 27.2 Å². The lowest BCUT2D eigenvalue weighted by Crippen LogP contribution is -2.48. The van der Waals surface area contributed by atoms with Crippen LogP contribution in [0, 0.1) is 10.1 Å². The third-order valence-electron chi connectivity index (χ3n) is 2.09. The molecular weight excluding hydrogens is 298 g/mol. The second-order valence-electron chi connectivity index (χ2n) is 5.32. The number of hydrogen-bond acceptors (Lipinski definition) is 6. The van der Waals surface area contributed by atoms with Crippen molar-refractivity contribution in [2.24, 2.45) is 10.7 Å². The molecule has 22 heavy (non-hydrogen) atoms. The van der Waals surface area contributed by atoms with Gasteiger partial charge in [0, 0.05) is 11.3 Å². The highest BCUT2D eigenvalue weighted by Crippen LogP contribution is 2.06. The van der Waals surface area contributed by atoms with E-state index in [1.54, 1.807) is 20.8 Å². The number of ether oxygens (including phenoxy) is 1. The molecule has 0 saturated heterocycles. The van der Waals surface area contributed by atoms with Gasteiger partial charge in [-0.25, -0.2) is 20.0 Å². The van der Waals surface area contributed by atoms with Gasteiger partial charge in [0.1, 0.15) is 5.60 Å². The number of carboxylic acids is 1. The Labute approximate surface area is 127 Å². The number of hydrazine groups is 1. The minimum atomic E-state index is -1.27. The lowest BCUT2D eigenvalue weighted by Gasteiger charge is -2.20. The molecule has 11 heteroatoms. The van der Waals surface area contributed by atoms with Crippen LogP contribution in [0.15, 0.2) is 4.99 Å². The summed E-state index contributed by atoms with van der Waals surface area (Å²) < 4.78 is 4.92. The van der Waals surface area contributed by atoms with Gasteiger partial charge in [-0.2, -0.15) is 0 Å². The minimum absolute atomic E-state index is 0.0419. The standard InChI is InChI=1S/C11H21N5O6/c1-11(2,3)22-10(19)15-14-9(12)13-7(8(17)18)5-4-6-16(20)21/h7H,4-6H2,1-3H3,(H,15,19)(H,17,18)(H3,12,13,14)/t7-/m1/s1. The highest BCUT2D eigenvalue weighted by molar-refractivity contribution is 5.84. The summed E-state index contributed by atoms with van der Waals surface area (Å²) in [5.41, 5.74) is 9.01. The third-order valence-corrected chi connectivity index (χ3v) is 2.09. The SMILES string of the molecule is CC(C)(C)OC(=O)NNC(N)=N[C@H](CCC[N+](=O)[O-])C(=O)O. The van der Waals surface area contributed by atoms with Crippen molar-refractivity contribution in [1.82, 2.24) is 10.9 Å². The number of aliphatic carboxylic acids is 1. The number of aliphatic imine (C=N–C) groups is 1. The fourth-order valence-corrected chi connectivity index (χ4v) is 1.28. The molecule has 11 nitrogen and oxygen atoms in total. The molecule has 0 fully saturated rings. The number of amides is 1. The monoisotopic (exact) mass is 319 g/mol. The topological polar surface area (TPSA) is 169 Å². The molecule has 5 N–H and O–H groups in total. The van der Waals surface area contributed by atoms with E-state index in [-0.39, 0.29) is 25.3 Å². The number of guanidine groups is 1. The molecule has 0 saturated carbocycles. The van der Waals surface area contributed by atoms with Crippen LogP contribution in [-0.4, -0.2) is 46.2 Å². The smallest absolute Gasteiger partial charge is 0.426 e. The molecule has 0 aliphatic heterocycles. The maximum absolute atomic E-state index is 11.3. The summed E-state index contributed by atoms with van der Waals surface area (Å²) in [5, 5.41) is 19.1. The molecular formula is C11H21N5O6. The van der Waals surface area contributed by atoms with Gasteiger partial charge in [-0.3, -0.25) is 15.5 Å². The Hall–Kier alpha value is -2.59. The Morgan fingerprint density at radius 1 is 1.41 bits per heavy atom. The summed E-state index contributed by atoms with van der Waals surface area (Å²) in [6.07, 6.45) is -0.823. The largest absolute Gasteiger partial charge is 0.480 e. The van der Waals surface area contributed by atoms with Crippen molar-refractivity contribution in [3.8, 4) is 0 Å². The van der Waals surface area contributed by atoms with Gasteiger partial charge >= 0.3 is 12.1 Å². The third kappa shape index (κ3) is 10.2. The summed E-state index contributed by atoms with van der Waals surface area (Å²) in [6.45, 7) is 4.64. The molecule has 0 aliphatic rings. The maximum Gasteiger partial charge on any atom is 0.426 e. The number of nitrogens with zero attached hydrogens (tertiary/aromatic N) is 2. The lowest BCUT2D eigenvalue weighted by molar-refractivity contribution is -0.480. The number of nitro groups is 1. The second-order valence-corrected chi connectivity index (χ2v) is 5.32. The van der Waals surface area contributed by atoms with Crippen molar-refractivity contribution >= 4 is 18.0 Å². The van der Waals surface area contributed by atoms with Gasteiger partial charge in [0.2, 0.25) is 12.5 Å². The molecule has 0 heterocycles. The van der Waals surface area contributed by atoms with E-state index in [0.29, 0.717) is 0 Å². The zero-order valence-corrected chi connectivity index (χ0v) is 12.7. The zero-order chi connectivity index (χ0) is 17.3. The predicted molar refractivity (Wildman–Crippen MR) is 76.6 cm³/mol. The number of nitrogens with one attached hydrogen (secondary N) is 2. The van der Waals surface area contributed by atoms with Crippen molar-refractivity contribution in [2.45, 2.75) is 45.3 Å². The molecule has 0 aliphatic carbocycles.